The number of amides is 1. The first kappa shape index (κ1) is 15.3. The molecule has 19 heavy (non-hydrogen) atoms. The van der Waals surface area contributed by atoms with Crippen LogP contribution in [-0.4, -0.2) is 45.2 Å². The number of benzene rings is 1. The minimum absolute atomic E-state index is 0.0835. The number of nitrogens with two attached hydrogens (primary N) is 1. The average molecular weight is 266 g/mol. The molecular weight excluding hydrogens is 244 g/mol. The molecule has 1 aromatic carbocycles. The zero-order valence-electron chi connectivity index (χ0n) is 12.0. The van der Waals surface area contributed by atoms with E-state index >= 15 is 0 Å². The summed E-state index contributed by atoms with van der Waals surface area (Å²) >= 11 is 0. The number of methoxy groups -OCH3 is 2. The summed E-state index contributed by atoms with van der Waals surface area (Å²) in [5.41, 5.74) is 6.10. The molecule has 0 spiro atoms. The lowest BCUT2D eigenvalue weighted by Gasteiger charge is -2.21. The number of nitrogens with zero attached hydrogens (tertiary/aromatic N) is 1. The summed E-state index contributed by atoms with van der Waals surface area (Å²) in [6.45, 7) is 3.18. The van der Waals surface area contributed by atoms with Gasteiger partial charge in [0.15, 0.2) is 0 Å². The molecule has 0 fully saturated rings. The van der Waals surface area contributed by atoms with Gasteiger partial charge in [-0.05, 0) is 24.6 Å². The van der Waals surface area contributed by atoms with Crippen LogP contribution in [0.4, 0.5) is 0 Å². The first-order chi connectivity index (χ1) is 9.03. The van der Waals surface area contributed by atoms with Gasteiger partial charge >= 0.3 is 0 Å². The topological polar surface area (TPSA) is 64.8 Å². The molecule has 0 aromatic heterocycles. The standard InChI is InChI=1S/C14H22N2O3/c1-10(8-15)9-16(2)14(17)12-6-5-11(18-3)7-13(12)19-4/h5-7,10H,8-9,15H2,1-4H3. The van der Waals surface area contributed by atoms with Crippen molar-refractivity contribution < 1.29 is 14.3 Å². The van der Waals surface area contributed by atoms with Crippen molar-refractivity contribution in [3.63, 3.8) is 0 Å². The second kappa shape index (κ2) is 6.99. The Hall–Kier alpha value is -1.75. The summed E-state index contributed by atoms with van der Waals surface area (Å²) in [5, 5.41) is 0. The lowest BCUT2D eigenvalue weighted by atomic mass is 10.1. The highest BCUT2D eigenvalue weighted by Gasteiger charge is 2.18. The lowest BCUT2D eigenvalue weighted by molar-refractivity contribution is 0.0774. The molecule has 1 aromatic rings. The summed E-state index contributed by atoms with van der Waals surface area (Å²) in [5.74, 6) is 1.35. The predicted molar refractivity (Wildman–Crippen MR) is 74.7 cm³/mol. The smallest absolute Gasteiger partial charge is 0.257 e. The Balaban J connectivity index is 2.92. The molecule has 2 N–H and O–H groups in total. The highest BCUT2D eigenvalue weighted by atomic mass is 16.5. The number of rotatable bonds is 6. The summed E-state index contributed by atoms with van der Waals surface area (Å²) < 4.78 is 10.4. The zero-order chi connectivity index (χ0) is 14.4. The summed E-state index contributed by atoms with van der Waals surface area (Å²) in [7, 11) is 4.87. The fourth-order valence-electron chi connectivity index (χ4n) is 1.81. The van der Waals surface area contributed by atoms with Crippen LogP contribution < -0.4 is 15.2 Å². The quantitative estimate of drug-likeness (QED) is 0.844. The van der Waals surface area contributed by atoms with Crippen LogP contribution in [0.25, 0.3) is 0 Å². The van der Waals surface area contributed by atoms with Crippen molar-refractivity contribution in [2.45, 2.75) is 6.92 Å². The van der Waals surface area contributed by atoms with E-state index in [1.165, 1.54) is 7.11 Å². The van der Waals surface area contributed by atoms with Gasteiger partial charge in [-0.3, -0.25) is 4.79 Å². The Labute approximate surface area is 114 Å². The van der Waals surface area contributed by atoms with Gasteiger partial charge in [0.1, 0.15) is 11.5 Å². The maximum absolute atomic E-state index is 12.3. The van der Waals surface area contributed by atoms with Crippen LogP contribution in [0.1, 0.15) is 17.3 Å². The van der Waals surface area contributed by atoms with Gasteiger partial charge in [0.2, 0.25) is 0 Å². The highest BCUT2D eigenvalue weighted by molar-refractivity contribution is 5.97. The van der Waals surface area contributed by atoms with Crippen LogP contribution >= 0.6 is 0 Å². The zero-order valence-corrected chi connectivity index (χ0v) is 12.0. The normalized spacial score (nSPS) is 11.8. The van der Waals surface area contributed by atoms with Gasteiger partial charge in [-0.1, -0.05) is 6.92 Å². The molecule has 0 saturated carbocycles. The molecule has 1 amide bonds. The third-order valence-corrected chi connectivity index (χ3v) is 2.97. The summed E-state index contributed by atoms with van der Waals surface area (Å²) in [6, 6.07) is 5.16. The van der Waals surface area contributed by atoms with Crippen molar-refractivity contribution in [2.75, 3.05) is 34.4 Å². The van der Waals surface area contributed by atoms with Crippen molar-refractivity contribution in [1.82, 2.24) is 4.90 Å². The molecule has 0 aliphatic carbocycles. The molecule has 0 aliphatic rings. The van der Waals surface area contributed by atoms with E-state index in [4.69, 9.17) is 15.2 Å². The third kappa shape index (κ3) is 3.86. The van der Waals surface area contributed by atoms with E-state index in [2.05, 4.69) is 0 Å². The van der Waals surface area contributed by atoms with Gasteiger partial charge in [0.25, 0.3) is 5.91 Å². The van der Waals surface area contributed by atoms with Crippen molar-refractivity contribution in [3.8, 4) is 11.5 Å². The number of carbonyl (C=O) groups excluding carboxylic acids is 1. The SMILES string of the molecule is COc1ccc(C(=O)N(C)CC(C)CN)c(OC)c1. The van der Waals surface area contributed by atoms with Gasteiger partial charge in [-0.25, -0.2) is 0 Å². The Morgan fingerprint density at radius 1 is 1.37 bits per heavy atom. The largest absolute Gasteiger partial charge is 0.497 e. The first-order valence-electron chi connectivity index (χ1n) is 6.21. The van der Waals surface area contributed by atoms with E-state index in [0.29, 0.717) is 30.2 Å². The molecule has 0 saturated heterocycles. The van der Waals surface area contributed by atoms with Gasteiger partial charge in [0, 0.05) is 19.7 Å². The van der Waals surface area contributed by atoms with E-state index in [1.807, 2.05) is 6.92 Å². The van der Waals surface area contributed by atoms with E-state index in [1.54, 1.807) is 37.3 Å². The fourth-order valence-corrected chi connectivity index (χ4v) is 1.81. The minimum Gasteiger partial charge on any atom is -0.497 e. The molecule has 0 radical (unpaired) electrons. The minimum atomic E-state index is -0.0835. The first-order valence-corrected chi connectivity index (χ1v) is 6.21. The monoisotopic (exact) mass is 266 g/mol. The molecule has 1 rings (SSSR count). The van der Waals surface area contributed by atoms with E-state index < -0.39 is 0 Å². The van der Waals surface area contributed by atoms with Crippen LogP contribution in [0.5, 0.6) is 11.5 Å². The number of ether oxygens (including phenoxy) is 2. The molecule has 5 nitrogen and oxygen atoms in total. The van der Waals surface area contributed by atoms with Gasteiger partial charge in [0.05, 0.1) is 19.8 Å². The summed E-state index contributed by atoms with van der Waals surface area (Å²) in [4.78, 5) is 14.0. The Morgan fingerprint density at radius 2 is 2.05 bits per heavy atom. The van der Waals surface area contributed by atoms with Crippen LogP contribution in [-0.2, 0) is 0 Å². The van der Waals surface area contributed by atoms with Gasteiger partial charge < -0.3 is 20.1 Å². The molecule has 0 bridgehead atoms. The molecule has 1 atom stereocenters. The predicted octanol–water partition coefficient (Wildman–Crippen LogP) is 1.37. The third-order valence-electron chi connectivity index (χ3n) is 2.97. The number of carbonyl (C=O) groups is 1. The van der Waals surface area contributed by atoms with Crippen LogP contribution in [0.3, 0.4) is 0 Å². The fraction of sp³-hybridized carbons (Fsp3) is 0.500. The second-order valence-corrected chi connectivity index (χ2v) is 4.59. The molecule has 106 valence electrons. The Morgan fingerprint density at radius 3 is 2.58 bits per heavy atom. The van der Waals surface area contributed by atoms with E-state index in [-0.39, 0.29) is 11.8 Å². The average Bonchev–Trinajstić information content (AvgIpc) is 2.45. The van der Waals surface area contributed by atoms with Crippen molar-refractivity contribution in [1.29, 1.82) is 0 Å². The number of hydrogen-bond acceptors (Lipinski definition) is 4. The maximum Gasteiger partial charge on any atom is 0.257 e. The van der Waals surface area contributed by atoms with Gasteiger partial charge in [-0.15, -0.1) is 0 Å². The number of hydrogen-bond donors (Lipinski definition) is 1. The van der Waals surface area contributed by atoms with Crippen molar-refractivity contribution in [3.05, 3.63) is 23.8 Å². The molecular formula is C14H22N2O3. The van der Waals surface area contributed by atoms with Gasteiger partial charge in [-0.2, -0.15) is 0 Å². The maximum atomic E-state index is 12.3. The van der Waals surface area contributed by atoms with Crippen molar-refractivity contribution >= 4 is 5.91 Å². The molecule has 0 heterocycles. The molecule has 0 aliphatic heterocycles. The molecule has 5 heteroatoms. The Kier molecular flexibility index (Phi) is 5.63. The van der Waals surface area contributed by atoms with Crippen molar-refractivity contribution in [2.24, 2.45) is 11.7 Å². The second-order valence-electron chi connectivity index (χ2n) is 4.59. The van der Waals surface area contributed by atoms with E-state index in [9.17, 15) is 4.79 Å². The lowest BCUT2D eigenvalue weighted by Crippen LogP contribution is -2.33. The Bertz CT molecular complexity index is 435. The summed E-state index contributed by atoms with van der Waals surface area (Å²) in [6.07, 6.45) is 0. The molecule has 1 unspecified atom stereocenters. The highest BCUT2D eigenvalue weighted by Crippen LogP contribution is 2.25. The van der Waals surface area contributed by atoms with Crippen LogP contribution in [0, 0.1) is 5.92 Å². The van der Waals surface area contributed by atoms with Crippen LogP contribution in [0.15, 0.2) is 18.2 Å². The van der Waals surface area contributed by atoms with E-state index in [0.717, 1.165) is 0 Å². The van der Waals surface area contributed by atoms with Crippen LogP contribution in [0.2, 0.25) is 0 Å².